The van der Waals surface area contributed by atoms with Crippen molar-refractivity contribution in [2.24, 2.45) is 0 Å². The Hall–Kier alpha value is -4.76. The van der Waals surface area contributed by atoms with Gasteiger partial charge in [-0.15, -0.1) is 13.0 Å². The van der Waals surface area contributed by atoms with Crippen LogP contribution in [0, 0.1) is 34.8 Å². The molecule has 3 rings (SSSR count). The Morgan fingerprint density at radius 3 is 2.67 bits per heavy atom. The number of terminal acetylenes is 1. The van der Waals surface area contributed by atoms with Crippen LogP contribution in [0.5, 0.6) is 5.75 Å². The highest BCUT2D eigenvalue weighted by atomic mass is 35.5. The van der Waals surface area contributed by atoms with Crippen molar-refractivity contribution in [1.82, 2.24) is 19.4 Å². The first-order valence-corrected chi connectivity index (χ1v) is 11.7. The predicted molar refractivity (Wildman–Crippen MR) is 145 cm³/mol. The van der Waals surface area contributed by atoms with Gasteiger partial charge in [0.2, 0.25) is 5.95 Å². The lowest BCUT2D eigenvalue weighted by atomic mass is 10.0. The normalized spacial score (nSPS) is 13.9. The molecule has 0 fully saturated rings. The van der Waals surface area contributed by atoms with Gasteiger partial charge in [-0.25, -0.2) is 18.5 Å². The number of hydrogen-bond donors (Lipinski definition) is 5. The Balaban J connectivity index is 2.08. The lowest BCUT2D eigenvalue weighted by molar-refractivity contribution is 0.405. The second-order valence-corrected chi connectivity index (χ2v) is 8.96. The van der Waals surface area contributed by atoms with Crippen molar-refractivity contribution in [2.45, 2.75) is 26.4 Å². The largest absolute Gasteiger partial charge is 0.505 e. The molecule has 39 heavy (non-hydrogen) atoms. The van der Waals surface area contributed by atoms with E-state index in [4.69, 9.17) is 28.8 Å². The maximum Gasteiger partial charge on any atom is 0.355 e. The Morgan fingerprint density at radius 1 is 1.31 bits per heavy atom. The molecule has 202 valence electrons. The smallest absolute Gasteiger partial charge is 0.355 e. The highest BCUT2D eigenvalue weighted by molar-refractivity contribution is 6.35. The third-order valence-corrected chi connectivity index (χ3v) is 5.70. The third kappa shape index (κ3) is 6.97. The number of benzene rings is 1. The van der Waals surface area contributed by atoms with E-state index in [1.165, 1.54) is 12.2 Å². The van der Waals surface area contributed by atoms with E-state index in [-0.39, 0.29) is 33.7 Å². The number of aromatic hydroxyl groups is 1. The van der Waals surface area contributed by atoms with Crippen molar-refractivity contribution in [3.05, 3.63) is 97.1 Å². The van der Waals surface area contributed by atoms with E-state index in [1.54, 1.807) is 6.20 Å². The molecule has 0 unspecified atom stereocenters. The van der Waals surface area contributed by atoms with E-state index in [2.05, 4.69) is 22.2 Å². The van der Waals surface area contributed by atoms with Gasteiger partial charge in [-0.05, 0) is 43.2 Å². The molecule has 1 heterocycles. The quantitative estimate of drug-likeness (QED) is 0.132. The molecule has 0 saturated heterocycles. The molecule has 0 bridgehead atoms. The van der Waals surface area contributed by atoms with Gasteiger partial charge in [0, 0.05) is 18.3 Å². The minimum absolute atomic E-state index is 0.0288. The Labute approximate surface area is 226 Å². The standard InChI is InChI=1S/C26H24ClF2N7O3/c1-4-17(30)13-36-25(38)34-24(35(26(36)39)12-15-7-19(28)23(29)22(37)8-15)33-21-9-16(20(31)10-18(21)27)11-32-6-5-14(2)3/h1,7-11,30-32,37H,2,5-6,12-13H2,3H3,(H,33,34,38)/b16-11-,30-17?,31-20?. The first-order chi connectivity index (χ1) is 18.4. The average Bonchev–Trinajstić information content (AvgIpc) is 2.87. The van der Waals surface area contributed by atoms with Gasteiger partial charge >= 0.3 is 11.4 Å². The van der Waals surface area contributed by atoms with Gasteiger partial charge in [0.25, 0.3) is 0 Å². The number of rotatable bonds is 10. The Kier molecular flexibility index (Phi) is 9.00. The van der Waals surface area contributed by atoms with Crippen LogP contribution >= 0.6 is 11.6 Å². The highest BCUT2D eigenvalue weighted by Crippen LogP contribution is 2.25. The summed E-state index contributed by atoms with van der Waals surface area (Å²) in [6, 6.07) is 1.69. The lowest BCUT2D eigenvalue weighted by Gasteiger charge is -2.19. The van der Waals surface area contributed by atoms with E-state index in [0.29, 0.717) is 23.1 Å². The van der Waals surface area contributed by atoms with Crippen LogP contribution in [-0.4, -0.2) is 37.2 Å². The van der Waals surface area contributed by atoms with Crippen molar-refractivity contribution < 1.29 is 13.9 Å². The Morgan fingerprint density at radius 2 is 2.03 bits per heavy atom. The maximum atomic E-state index is 14.0. The minimum atomic E-state index is -1.46. The molecule has 0 saturated carbocycles. The SMILES string of the molecule is C#CC(=N)Cn1c(=O)nc(NC2=C/C(=C/NCCC(=C)C)C(=N)C=C2Cl)n(Cc2cc(O)c(F)c(F)c2)c1=O. The second kappa shape index (κ2) is 12.2. The van der Waals surface area contributed by atoms with Crippen LogP contribution in [0.2, 0.25) is 0 Å². The summed E-state index contributed by atoms with van der Waals surface area (Å²) in [4.78, 5) is 29.9. The summed E-state index contributed by atoms with van der Waals surface area (Å²) in [6.07, 6.45) is 10.3. The fraction of sp³-hybridized carbons (Fsp3) is 0.192. The molecule has 1 aliphatic carbocycles. The van der Waals surface area contributed by atoms with Crippen molar-refractivity contribution in [1.29, 1.82) is 10.8 Å². The van der Waals surface area contributed by atoms with Gasteiger partial charge in [0.15, 0.2) is 17.4 Å². The summed E-state index contributed by atoms with van der Waals surface area (Å²) in [7, 11) is 0. The molecule has 10 nitrogen and oxygen atoms in total. The van der Waals surface area contributed by atoms with Crippen LogP contribution < -0.4 is 22.0 Å². The van der Waals surface area contributed by atoms with Crippen molar-refractivity contribution in [2.75, 3.05) is 11.9 Å². The number of phenolic OH excluding ortho intramolecular Hbond substituents is 1. The number of halogens is 3. The molecule has 2 aromatic rings. The van der Waals surface area contributed by atoms with E-state index in [1.807, 2.05) is 12.8 Å². The zero-order valence-electron chi connectivity index (χ0n) is 20.7. The van der Waals surface area contributed by atoms with Crippen LogP contribution in [0.4, 0.5) is 14.7 Å². The number of anilines is 1. The van der Waals surface area contributed by atoms with E-state index in [0.717, 1.165) is 22.3 Å². The van der Waals surface area contributed by atoms with E-state index < -0.39 is 41.9 Å². The van der Waals surface area contributed by atoms with Crippen LogP contribution in [0.25, 0.3) is 0 Å². The molecule has 13 heteroatoms. The summed E-state index contributed by atoms with van der Waals surface area (Å²) in [5.74, 6) is -2.09. The molecule has 1 aromatic carbocycles. The number of allylic oxidation sites excluding steroid dienone is 4. The minimum Gasteiger partial charge on any atom is -0.505 e. The summed E-state index contributed by atoms with van der Waals surface area (Å²) >= 11 is 6.32. The summed E-state index contributed by atoms with van der Waals surface area (Å²) < 4.78 is 29.1. The van der Waals surface area contributed by atoms with E-state index in [9.17, 15) is 23.5 Å². The summed E-state index contributed by atoms with van der Waals surface area (Å²) in [6.45, 7) is 5.28. The van der Waals surface area contributed by atoms with E-state index >= 15 is 0 Å². The zero-order valence-corrected chi connectivity index (χ0v) is 21.5. The fourth-order valence-corrected chi connectivity index (χ4v) is 3.61. The molecule has 1 aliphatic rings. The number of phenols is 1. The van der Waals surface area contributed by atoms with Crippen molar-refractivity contribution in [3.63, 3.8) is 0 Å². The van der Waals surface area contributed by atoms with Crippen LogP contribution in [0.1, 0.15) is 18.9 Å². The molecule has 5 N–H and O–H groups in total. The number of hydrogen-bond acceptors (Lipinski definition) is 8. The number of aromatic nitrogens is 3. The van der Waals surface area contributed by atoms with Crippen LogP contribution in [-0.2, 0) is 13.1 Å². The molecule has 0 spiro atoms. The Bertz CT molecular complexity index is 1600. The van der Waals surface area contributed by atoms with Gasteiger partial charge in [0.05, 0.1) is 29.5 Å². The third-order valence-electron chi connectivity index (χ3n) is 5.39. The molecular weight excluding hydrogens is 532 g/mol. The van der Waals surface area contributed by atoms with Crippen molar-refractivity contribution in [3.8, 4) is 18.1 Å². The molecule has 0 atom stereocenters. The van der Waals surface area contributed by atoms with Gasteiger partial charge in [-0.3, -0.25) is 9.98 Å². The highest BCUT2D eigenvalue weighted by Gasteiger charge is 2.20. The van der Waals surface area contributed by atoms with Crippen LogP contribution in [0.15, 0.2) is 68.5 Å². The van der Waals surface area contributed by atoms with Gasteiger partial charge in [-0.1, -0.05) is 23.1 Å². The first kappa shape index (κ1) is 28.8. The first-order valence-electron chi connectivity index (χ1n) is 11.4. The molecule has 0 aliphatic heterocycles. The monoisotopic (exact) mass is 555 g/mol. The molecule has 1 aromatic heterocycles. The zero-order chi connectivity index (χ0) is 28.9. The van der Waals surface area contributed by atoms with Gasteiger partial charge in [0.1, 0.15) is 5.71 Å². The molecule has 0 radical (unpaired) electrons. The maximum absolute atomic E-state index is 14.0. The van der Waals surface area contributed by atoms with Crippen molar-refractivity contribution >= 4 is 29.0 Å². The lowest BCUT2D eigenvalue weighted by Crippen LogP contribution is -2.44. The average molecular weight is 556 g/mol. The summed E-state index contributed by atoms with van der Waals surface area (Å²) in [5.41, 5.74) is -0.718. The summed E-state index contributed by atoms with van der Waals surface area (Å²) in [5, 5.41) is 31.5. The van der Waals surface area contributed by atoms with Crippen LogP contribution in [0.3, 0.4) is 0 Å². The number of nitrogens with one attached hydrogen (secondary N) is 4. The predicted octanol–water partition coefficient (Wildman–Crippen LogP) is 2.98. The topological polar surface area (TPSA) is 149 Å². The second-order valence-electron chi connectivity index (χ2n) is 8.56. The molecular formula is C26H24ClF2N7O3. The fourth-order valence-electron chi connectivity index (χ4n) is 3.40. The van der Waals surface area contributed by atoms with Gasteiger partial charge in [-0.2, -0.15) is 9.37 Å². The van der Waals surface area contributed by atoms with Gasteiger partial charge < -0.3 is 21.1 Å². The molecule has 0 amide bonds. The number of nitrogens with zero attached hydrogens (tertiary/aromatic N) is 3.